The zero-order chi connectivity index (χ0) is 22.4. The number of hydroxylamine groups is 1. The normalized spacial score (nSPS) is 20.9. The number of hydrogen-bond donors (Lipinski definition) is 2. The Hall–Kier alpha value is -1.74. The van der Waals surface area contributed by atoms with Crippen LogP contribution < -0.4 is 10.8 Å². The van der Waals surface area contributed by atoms with E-state index in [0.717, 1.165) is 24.5 Å². The molecule has 1 unspecified atom stereocenters. The van der Waals surface area contributed by atoms with E-state index in [1.165, 1.54) is 18.2 Å². The summed E-state index contributed by atoms with van der Waals surface area (Å²) in [6, 6.07) is 8.74. The van der Waals surface area contributed by atoms with Gasteiger partial charge in [-0.3, -0.25) is 15.1 Å². The molecule has 2 aliphatic rings. The van der Waals surface area contributed by atoms with Gasteiger partial charge < -0.3 is 5.32 Å². The molecule has 0 saturated heterocycles. The lowest BCUT2D eigenvalue weighted by Gasteiger charge is -2.28. The predicted octanol–water partition coefficient (Wildman–Crippen LogP) is 6.12. The van der Waals surface area contributed by atoms with Crippen LogP contribution in [0.15, 0.2) is 46.9 Å². The molecule has 0 radical (unpaired) electrons. The third-order valence-electron chi connectivity index (χ3n) is 5.15. The van der Waals surface area contributed by atoms with Gasteiger partial charge in [0.25, 0.3) is 0 Å². The highest BCUT2D eigenvalue weighted by molar-refractivity contribution is 9.10. The van der Waals surface area contributed by atoms with Crippen molar-refractivity contribution in [1.29, 1.82) is 0 Å². The van der Waals surface area contributed by atoms with E-state index in [4.69, 9.17) is 28.0 Å². The number of carbonyl (C=O) groups excluding carboxylic acids is 1. The maximum atomic E-state index is 14.1. The summed E-state index contributed by atoms with van der Waals surface area (Å²) in [6.45, 7) is 0.326. The molecule has 1 atom stereocenters. The fraction of sp³-hybridized carbons (Fsp3) is 0.286. The molecule has 0 bridgehead atoms. The molecule has 1 aliphatic carbocycles. The molecule has 2 aromatic rings. The Labute approximate surface area is 194 Å². The molecule has 164 valence electrons. The van der Waals surface area contributed by atoms with Crippen LogP contribution in [0.2, 0.25) is 10.0 Å². The minimum Gasteiger partial charge on any atom is -0.352 e. The van der Waals surface area contributed by atoms with Gasteiger partial charge in [0.15, 0.2) is 0 Å². The predicted molar refractivity (Wildman–Crippen MR) is 115 cm³/mol. The molecular formula is C21H16BrCl2F3N2O2. The quantitative estimate of drug-likeness (QED) is 0.485. The number of amides is 1. The fourth-order valence-electron chi connectivity index (χ4n) is 3.28. The molecule has 4 nitrogen and oxygen atoms in total. The fourth-order valence-corrected chi connectivity index (χ4v) is 4.33. The van der Waals surface area contributed by atoms with Crippen LogP contribution >= 0.6 is 39.1 Å². The second-order valence-corrected chi connectivity index (χ2v) is 9.18. The van der Waals surface area contributed by atoms with Gasteiger partial charge in [-0.15, -0.1) is 0 Å². The lowest BCUT2D eigenvalue weighted by molar-refractivity contribution is -0.269. The Kier molecular flexibility index (Phi) is 6.02. The van der Waals surface area contributed by atoms with Crippen LogP contribution in [-0.4, -0.2) is 12.1 Å². The molecule has 1 aliphatic heterocycles. The summed E-state index contributed by atoms with van der Waals surface area (Å²) in [5, 5.41) is 2.99. The number of hydrogen-bond acceptors (Lipinski definition) is 3. The number of benzene rings is 2. The molecule has 4 rings (SSSR count). The Morgan fingerprint density at radius 1 is 1.19 bits per heavy atom. The summed E-state index contributed by atoms with van der Waals surface area (Å²) in [5.41, 5.74) is 0.828. The number of nitrogens with one attached hydrogen (secondary N) is 2. The first kappa shape index (κ1) is 22.5. The average molecular weight is 536 g/mol. The highest BCUT2D eigenvalue weighted by Crippen LogP contribution is 2.48. The molecule has 2 N–H and O–H groups in total. The topological polar surface area (TPSA) is 50.4 Å². The summed E-state index contributed by atoms with van der Waals surface area (Å²) < 4.78 is 42.9. The third-order valence-corrected chi connectivity index (χ3v) is 6.32. The smallest absolute Gasteiger partial charge is 0.352 e. The van der Waals surface area contributed by atoms with E-state index >= 15 is 0 Å². The largest absolute Gasteiger partial charge is 0.428 e. The van der Waals surface area contributed by atoms with Crippen molar-refractivity contribution in [3.05, 3.63) is 73.7 Å². The molecule has 31 heavy (non-hydrogen) atoms. The molecule has 1 fully saturated rings. The van der Waals surface area contributed by atoms with Crippen molar-refractivity contribution in [2.24, 2.45) is 5.92 Å². The van der Waals surface area contributed by atoms with Crippen LogP contribution in [-0.2, 0) is 21.8 Å². The lowest BCUT2D eigenvalue weighted by atomic mass is 9.91. The molecule has 1 heterocycles. The van der Waals surface area contributed by atoms with Crippen molar-refractivity contribution in [3.63, 3.8) is 0 Å². The van der Waals surface area contributed by atoms with E-state index in [1.54, 1.807) is 18.2 Å². The van der Waals surface area contributed by atoms with E-state index in [0.29, 0.717) is 16.6 Å². The zero-order valence-electron chi connectivity index (χ0n) is 15.8. The van der Waals surface area contributed by atoms with Crippen LogP contribution in [0.25, 0.3) is 5.70 Å². The molecule has 0 spiro atoms. The second-order valence-electron chi connectivity index (χ2n) is 7.45. The van der Waals surface area contributed by atoms with Gasteiger partial charge in [0.2, 0.25) is 11.5 Å². The molecule has 0 aromatic heterocycles. The number of alkyl halides is 3. The first-order chi connectivity index (χ1) is 14.6. The standard InChI is InChI=1S/C21H16BrCl2F3N2O2/c22-17-5-12(3-4-13(17)10-28-19(30)11-1-2-11)18-9-20(31-29-18,21(25,26)27)14-6-15(23)8-16(24)7-14/h3-9,11,29H,1-2,10H2,(H,28,30). The maximum Gasteiger partial charge on any atom is 0.428 e. The van der Waals surface area contributed by atoms with Crippen molar-refractivity contribution in [2.45, 2.75) is 31.2 Å². The SMILES string of the molecule is O=C(NCc1ccc(C2=CC(c3cc(Cl)cc(Cl)c3)(C(F)(F)F)ON2)cc1Br)C1CC1. The van der Waals surface area contributed by atoms with Gasteiger partial charge in [0.05, 0.1) is 5.70 Å². The number of carbonyl (C=O) groups is 1. The van der Waals surface area contributed by atoms with E-state index in [2.05, 4.69) is 26.7 Å². The van der Waals surface area contributed by atoms with Crippen LogP contribution in [0.1, 0.15) is 29.5 Å². The summed E-state index contributed by atoms with van der Waals surface area (Å²) in [7, 11) is 0. The Balaban J connectivity index is 1.63. The lowest BCUT2D eigenvalue weighted by Crippen LogP contribution is -2.42. The van der Waals surface area contributed by atoms with Crippen LogP contribution in [0.5, 0.6) is 0 Å². The average Bonchev–Trinajstić information content (AvgIpc) is 3.43. The first-order valence-corrected chi connectivity index (χ1v) is 10.9. The molecular weight excluding hydrogens is 520 g/mol. The minimum atomic E-state index is -4.78. The van der Waals surface area contributed by atoms with Gasteiger partial charge >= 0.3 is 6.18 Å². The van der Waals surface area contributed by atoms with Gasteiger partial charge in [-0.2, -0.15) is 13.2 Å². The van der Waals surface area contributed by atoms with Crippen molar-refractivity contribution in [1.82, 2.24) is 10.8 Å². The summed E-state index contributed by atoms with van der Waals surface area (Å²) in [6.07, 6.45) is -2.00. The van der Waals surface area contributed by atoms with Gasteiger partial charge in [0.1, 0.15) is 0 Å². The molecule has 10 heteroatoms. The highest BCUT2D eigenvalue weighted by atomic mass is 79.9. The van der Waals surface area contributed by atoms with E-state index in [1.807, 2.05) is 0 Å². The minimum absolute atomic E-state index is 0.0136. The zero-order valence-corrected chi connectivity index (χ0v) is 18.9. The molecule has 1 amide bonds. The highest BCUT2D eigenvalue weighted by Gasteiger charge is 2.59. The van der Waals surface area contributed by atoms with Crippen molar-refractivity contribution in [3.8, 4) is 0 Å². The van der Waals surface area contributed by atoms with Crippen molar-refractivity contribution < 1.29 is 22.8 Å². The van der Waals surface area contributed by atoms with Gasteiger partial charge in [-0.05, 0) is 48.7 Å². The Bertz CT molecular complexity index is 1050. The van der Waals surface area contributed by atoms with Gasteiger partial charge in [-0.25, -0.2) is 0 Å². The first-order valence-electron chi connectivity index (χ1n) is 9.36. The Morgan fingerprint density at radius 3 is 2.45 bits per heavy atom. The number of rotatable bonds is 5. The molecule has 1 saturated carbocycles. The van der Waals surface area contributed by atoms with Gasteiger partial charge in [0, 0.05) is 38.1 Å². The summed E-state index contributed by atoms with van der Waals surface area (Å²) in [5.74, 6) is 0.109. The maximum absolute atomic E-state index is 14.1. The third kappa shape index (κ3) is 4.58. The second kappa shape index (κ2) is 8.31. The summed E-state index contributed by atoms with van der Waals surface area (Å²) >= 11 is 15.3. The van der Waals surface area contributed by atoms with Crippen LogP contribution in [0.4, 0.5) is 13.2 Å². The number of halogens is 6. The van der Waals surface area contributed by atoms with Crippen molar-refractivity contribution >= 4 is 50.7 Å². The van der Waals surface area contributed by atoms with Crippen LogP contribution in [0.3, 0.4) is 0 Å². The van der Waals surface area contributed by atoms with E-state index in [9.17, 15) is 18.0 Å². The Morgan fingerprint density at radius 2 is 1.87 bits per heavy atom. The molecule has 2 aromatic carbocycles. The van der Waals surface area contributed by atoms with Gasteiger partial charge in [-0.1, -0.05) is 51.3 Å². The van der Waals surface area contributed by atoms with E-state index in [-0.39, 0.29) is 33.1 Å². The monoisotopic (exact) mass is 534 g/mol. The van der Waals surface area contributed by atoms with Crippen molar-refractivity contribution in [2.75, 3.05) is 0 Å². The van der Waals surface area contributed by atoms with Crippen LogP contribution in [0, 0.1) is 5.92 Å². The van der Waals surface area contributed by atoms with E-state index < -0.39 is 11.8 Å². The summed E-state index contributed by atoms with van der Waals surface area (Å²) in [4.78, 5) is 16.9.